The van der Waals surface area contributed by atoms with Crippen molar-refractivity contribution >= 4 is 33.4 Å². The van der Waals surface area contributed by atoms with E-state index < -0.39 is 5.54 Å². The second-order valence-corrected chi connectivity index (χ2v) is 6.93. The van der Waals surface area contributed by atoms with Crippen molar-refractivity contribution < 1.29 is 0 Å². The minimum absolute atomic E-state index is 0.431. The third kappa shape index (κ3) is 2.26. The Morgan fingerprint density at radius 1 is 0.958 bits per heavy atom. The number of pyridine rings is 1. The first-order chi connectivity index (χ1) is 11.6. The molecular formula is C19H13BrClN3. The molecule has 0 radical (unpaired) electrons. The summed E-state index contributed by atoms with van der Waals surface area (Å²) >= 11 is 9.72. The van der Waals surface area contributed by atoms with E-state index in [1.807, 2.05) is 42.5 Å². The van der Waals surface area contributed by atoms with E-state index in [0.29, 0.717) is 11.0 Å². The van der Waals surface area contributed by atoms with Gasteiger partial charge in [0, 0.05) is 16.2 Å². The van der Waals surface area contributed by atoms with Crippen LogP contribution in [0.3, 0.4) is 0 Å². The van der Waals surface area contributed by atoms with Gasteiger partial charge in [-0.3, -0.25) is 0 Å². The third-order valence-corrected chi connectivity index (χ3v) is 4.97. The molecular weight excluding hydrogens is 386 g/mol. The molecule has 3 aromatic rings. The average Bonchev–Trinajstić information content (AvgIpc) is 2.89. The summed E-state index contributed by atoms with van der Waals surface area (Å²) in [6.45, 7) is 0. The van der Waals surface area contributed by atoms with Crippen LogP contribution in [0.15, 0.2) is 76.3 Å². The largest absolute Gasteiger partial charge is 0.383 e. The van der Waals surface area contributed by atoms with Gasteiger partial charge in [-0.15, -0.1) is 0 Å². The second kappa shape index (κ2) is 5.72. The molecule has 1 aliphatic rings. The molecule has 0 amide bonds. The molecule has 2 N–H and O–H groups in total. The summed E-state index contributed by atoms with van der Waals surface area (Å²) in [5.74, 6) is 0.526. The molecule has 3 nitrogen and oxygen atoms in total. The minimum atomic E-state index is -0.725. The first-order valence-electron chi connectivity index (χ1n) is 7.44. The monoisotopic (exact) mass is 397 g/mol. The number of amidine groups is 1. The number of aromatic nitrogens is 1. The Labute approximate surface area is 153 Å². The fraction of sp³-hybridized carbons (Fsp3) is 0.0526. The molecule has 118 valence electrons. The molecule has 0 spiro atoms. The Kier molecular flexibility index (Phi) is 3.66. The Balaban J connectivity index is 2.10. The van der Waals surface area contributed by atoms with Crippen LogP contribution >= 0.6 is 27.5 Å². The Bertz CT molecular complexity index is 923. The van der Waals surface area contributed by atoms with Crippen LogP contribution in [0, 0.1) is 0 Å². The lowest BCUT2D eigenvalue weighted by molar-refractivity contribution is 0.670. The van der Waals surface area contributed by atoms with Crippen molar-refractivity contribution in [2.24, 2.45) is 10.7 Å². The van der Waals surface area contributed by atoms with Crippen molar-refractivity contribution in [3.63, 3.8) is 0 Å². The van der Waals surface area contributed by atoms with Gasteiger partial charge in [-0.2, -0.15) is 0 Å². The highest BCUT2D eigenvalue weighted by atomic mass is 79.9. The van der Waals surface area contributed by atoms with Gasteiger partial charge in [-0.25, -0.2) is 9.98 Å². The number of benzene rings is 2. The van der Waals surface area contributed by atoms with E-state index in [9.17, 15) is 0 Å². The number of hydrogen-bond donors (Lipinski definition) is 1. The van der Waals surface area contributed by atoms with Gasteiger partial charge in [0.15, 0.2) is 0 Å². The number of fused-ring (bicyclic) bond motifs is 1. The fourth-order valence-electron chi connectivity index (χ4n) is 3.27. The third-order valence-electron chi connectivity index (χ3n) is 4.27. The number of halogens is 2. The molecule has 0 bridgehead atoms. The zero-order valence-electron chi connectivity index (χ0n) is 12.6. The zero-order chi connectivity index (χ0) is 16.7. The standard InChI is InChI=1S/C19H13BrClN3/c20-14-5-3-4-12(10-14)19(13-8-9-23-17(21)11-13)16-7-2-1-6-15(16)18(22)24-19/h1-11H,(H2,22,24). The Morgan fingerprint density at radius 3 is 2.54 bits per heavy atom. The van der Waals surface area contributed by atoms with Crippen LogP contribution in [0.5, 0.6) is 0 Å². The maximum atomic E-state index is 6.26. The van der Waals surface area contributed by atoms with E-state index >= 15 is 0 Å². The van der Waals surface area contributed by atoms with E-state index in [2.05, 4.69) is 39.1 Å². The molecule has 5 heteroatoms. The molecule has 4 rings (SSSR count). The smallest absolute Gasteiger partial charge is 0.139 e. The normalized spacial score (nSPS) is 19.0. The van der Waals surface area contributed by atoms with Crippen molar-refractivity contribution in [3.05, 3.63) is 98.7 Å². The highest BCUT2D eigenvalue weighted by Crippen LogP contribution is 2.46. The number of aliphatic imine (C=N–C) groups is 1. The topological polar surface area (TPSA) is 51.3 Å². The molecule has 2 heterocycles. The van der Waals surface area contributed by atoms with Gasteiger partial charge in [0.1, 0.15) is 16.5 Å². The van der Waals surface area contributed by atoms with Crippen molar-refractivity contribution in [1.82, 2.24) is 4.98 Å². The number of hydrogen-bond acceptors (Lipinski definition) is 3. The molecule has 0 aliphatic carbocycles. The van der Waals surface area contributed by atoms with Gasteiger partial charge in [0.2, 0.25) is 0 Å². The first kappa shape index (κ1) is 15.4. The maximum absolute atomic E-state index is 6.26. The van der Waals surface area contributed by atoms with E-state index in [1.54, 1.807) is 6.20 Å². The van der Waals surface area contributed by atoms with Crippen LogP contribution < -0.4 is 5.73 Å². The van der Waals surface area contributed by atoms with Gasteiger partial charge in [-0.05, 0) is 41.0 Å². The van der Waals surface area contributed by atoms with Crippen LogP contribution in [0.1, 0.15) is 22.3 Å². The van der Waals surface area contributed by atoms with Gasteiger partial charge >= 0.3 is 0 Å². The van der Waals surface area contributed by atoms with E-state index in [-0.39, 0.29) is 0 Å². The van der Waals surface area contributed by atoms with Gasteiger partial charge in [0.05, 0.1) is 0 Å². The van der Waals surface area contributed by atoms with Crippen LogP contribution in [0.2, 0.25) is 5.15 Å². The van der Waals surface area contributed by atoms with Gasteiger partial charge in [0.25, 0.3) is 0 Å². The van der Waals surface area contributed by atoms with Crippen LogP contribution in [-0.2, 0) is 5.54 Å². The van der Waals surface area contributed by atoms with Gasteiger partial charge in [-0.1, -0.05) is 63.9 Å². The number of nitrogens with two attached hydrogens (primary N) is 1. The molecule has 0 fully saturated rings. The summed E-state index contributed by atoms with van der Waals surface area (Å²) in [5, 5.41) is 0.431. The van der Waals surface area contributed by atoms with Crippen molar-refractivity contribution in [3.8, 4) is 0 Å². The predicted molar refractivity (Wildman–Crippen MR) is 100 cm³/mol. The molecule has 24 heavy (non-hydrogen) atoms. The summed E-state index contributed by atoms with van der Waals surface area (Å²) in [5.41, 5.74) is 9.49. The number of nitrogens with zero attached hydrogens (tertiary/aromatic N) is 2. The molecule has 2 aromatic carbocycles. The summed E-state index contributed by atoms with van der Waals surface area (Å²) in [6, 6.07) is 19.9. The van der Waals surface area contributed by atoms with E-state index in [0.717, 1.165) is 26.7 Å². The SMILES string of the molecule is NC1=NC(c2cccc(Br)c2)(c2ccnc(Cl)c2)c2ccccc21. The van der Waals surface area contributed by atoms with Gasteiger partial charge < -0.3 is 5.73 Å². The molecule has 1 aromatic heterocycles. The summed E-state index contributed by atoms with van der Waals surface area (Å²) in [7, 11) is 0. The molecule has 1 atom stereocenters. The summed E-state index contributed by atoms with van der Waals surface area (Å²) < 4.78 is 0.984. The lowest BCUT2D eigenvalue weighted by Gasteiger charge is -2.29. The van der Waals surface area contributed by atoms with Crippen LogP contribution in [0.25, 0.3) is 0 Å². The summed E-state index contributed by atoms with van der Waals surface area (Å²) in [6.07, 6.45) is 1.70. The summed E-state index contributed by atoms with van der Waals surface area (Å²) in [4.78, 5) is 9.00. The molecule has 0 saturated heterocycles. The predicted octanol–water partition coefficient (Wildman–Crippen LogP) is 4.51. The lowest BCUT2D eigenvalue weighted by Crippen LogP contribution is -2.25. The fourth-order valence-corrected chi connectivity index (χ4v) is 3.84. The zero-order valence-corrected chi connectivity index (χ0v) is 14.9. The van der Waals surface area contributed by atoms with E-state index in [4.69, 9.17) is 22.3 Å². The highest BCUT2D eigenvalue weighted by Gasteiger charge is 2.42. The molecule has 1 aliphatic heterocycles. The van der Waals surface area contributed by atoms with Crippen LogP contribution in [-0.4, -0.2) is 10.8 Å². The maximum Gasteiger partial charge on any atom is 0.139 e. The first-order valence-corrected chi connectivity index (χ1v) is 8.61. The molecule has 0 saturated carbocycles. The second-order valence-electron chi connectivity index (χ2n) is 5.63. The van der Waals surface area contributed by atoms with Crippen molar-refractivity contribution in [1.29, 1.82) is 0 Å². The Hall–Kier alpha value is -2.17. The Morgan fingerprint density at radius 2 is 1.75 bits per heavy atom. The lowest BCUT2D eigenvalue weighted by atomic mass is 9.78. The van der Waals surface area contributed by atoms with Crippen LogP contribution in [0.4, 0.5) is 0 Å². The number of rotatable bonds is 2. The van der Waals surface area contributed by atoms with Crippen molar-refractivity contribution in [2.45, 2.75) is 5.54 Å². The average molecular weight is 399 g/mol. The highest BCUT2D eigenvalue weighted by molar-refractivity contribution is 9.10. The van der Waals surface area contributed by atoms with Crippen molar-refractivity contribution in [2.75, 3.05) is 0 Å². The molecule has 1 unspecified atom stereocenters. The quantitative estimate of drug-likeness (QED) is 0.646. The minimum Gasteiger partial charge on any atom is -0.383 e. The van der Waals surface area contributed by atoms with E-state index in [1.165, 1.54) is 0 Å².